The summed E-state index contributed by atoms with van der Waals surface area (Å²) >= 11 is 6.04. The van der Waals surface area contributed by atoms with E-state index in [0.717, 1.165) is 11.1 Å². The number of amides is 2. The number of rotatable bonds is 7. The number of carbonyl (C=O) groups excluding carboxylic acids is 2. The van der Waals surface area contributed by atoms with Gasteiger partial charge in [-0.25, -0.2) is 0 Å². The van der Waals surface area contributed by atoms with E-state index in [0.29, 0.717) is 23.7 Å². The molecule has 2 amide bonds. The molecule has 0 aromatic heterocycles. The van der Waals surface area contributed by atoms with Gasteiger partial charge < -0.3 is 10.2 Å². The number of hydrogen-bond acceptors (Lipinski definition) is 2. The van der Waals surface area contributed by atoms with Gasteiger partial charge in [-0.15, -0.1) is 0 Å². The van der Waals surface area contributed by atoms with Crippen LogP contribution in [0.3, 0.4) is 0 Å². The molecule has 0 spiro atoms. The third kappa shape index (κ3) is 5.46. The normalized spacial score (nSPS) is 10.5. The number of carbonyl (C=O) groups is 2. The number of hydrogen-bond donors (Lipinski definition) is 1. The van der Waals surface area contributed by atoms with Crippen LogP contribution in [0.5, 0.6) is 0 Å². The van der Waals surface area contributed by atoms with E-state index in [1.165, 1.54) is 6.08 Å². The average molecular weight is 371 g/mol. The number of nitrogens with one attached hydrogen (secondary N) is 1. The predicted molar refractivity (Wildman–Crippen MR) is 105 cm³/mol. The Morgan fingerprint density at radius 2 is 1.85 bits per heavy atom. The molecule has 0 aliphatic heterocycles. The summed E-state index contributed by atoms with van der Waals surface area (Å²) in [6, 6.07) is 14.8. The minimum absolute atomic E-state index is 0.0401. The Morgan fingerprint density at radius 3 is 2.42 bits per heavy atom. The molecule has 2 aromatic rings. The van der Waals surface area contributed by atoms with Crippen molar-refractivity contribution in [2.45, 2.75) is 33.0 Å². The molecule has 0 atom stereocenters. The van der Waals surface area contributed by atoms with Crippen LogP contribution in [0.15, 0.2) is 61.2 Å². The highest BCUT2D eigenvalue weighted by Gasteiger charge is 2.19. The monoisotopic (exact) mass is 370 g/mol. The fourth-order valence-electron chi connectivity index (χ4n) is 2.51. The van der Waals surface area contributed by atoms with Gasteiger partial charge in [0.25, 0.3) is 5.91 Å². The van der Waals surface area contributed by atoms with Gasteiger partial charge in [-0.1, -0.05) is 42.4 Å². The van der Waals surface area contributed by atoms with Crippen LogP contribution in [0.1, 0.15) is 35.3 Å². The van der Waals surface area contributed by atoms with Crippen LogP contribution in [0.2, 0.25) is 5.02 Å². The van der Waals surface area contributed by atoms with Gasteiger partial charge in [-0.2, -0.15) is 0 Å². The van der Waals surface area contributed by atoms with Gasteiger partial charge in [0.1, 0.15) is 0 Å². The molecule has 0 saturated carbocycles. The van der Waals surface area contributed by atoms with Gasteiger partial charge in [-0.05, 0) is 55.3 Å². The maximum absolute atomic E-state index is 12.9. The first-order chi connectivity index (χ1) is 12.4. The molecule has 0 heterocycles. The molecule has 0 bridgehead atoms. The van der Waals surface area contributed by atoms with Crippen molar-refractivity contribution in [3.63, 3.8) is 0 Å². The Morgan fingerprint density at radius 1 is 1.15 bits per heavy atom. The fourth-order valence-corrected chi connectivity index (χ4v) is 2.73. The van der Waals surface area contributed by atoms with Crippen molar-refractivity contribution in [2.24, 2.45) is 0 Å². The Kier molecular flexibility index (Phi) is 6.98. The van der Waals surface area contributed by atoms with E-state index >= 15 is 0 Å². The van der Waals surface area contributed by atoms with Gasteiger partial charge in [0, 0.05) is 29.7 Å². The van der Waals surface area contributed by atoms with Crippen molar-refractivity contribution in [1.82, 2.24) is 10.2 Å². The summed E-state index contributed by atoms with van der Waals surface area (Å²) < 4.78 is 0. The summed E-state index contributed by atoms with van der Waals surface area (Å²) in [5, 5.41) is 3.37. The SMILES string of the molecule is C=CC(=O)NCc1ccc(C(=O)N(Cc2cccc(Cl)c2)C(C)C)cc1. The molecule has 1 N–H and O–H groups in total. The van der Waals surface area contributed by atoms with Crippen LogP contribution in [0.4, 0.5) is 0 Å². The molecule has 136 valence electrons. The fraction of sp³-hybridized carbons (Fsp3) is 0.238. The van der Waals surface area contributed by atoms with E-state index in [9.17, 15) is 9.59 Å². The molecule has 26 heavy (non-hydrogen) atoms. The van der Waals surface area contributed by atoms with Crippen molar-refractivity contribution in [1.29, 1.82) is 0 Å². The van der Waals surface area contributed by atoms with Crippen molar-refractivity contribution >= 4 is 23.4 Å². The van der Waals surface area contributed by atoms with Gasteiger partial charge in [-0.3, -0.25) is 9.59 Å². The lowest BCUT2D eigenvalue weighted by Crippen LogP contribution is -2.36. The molecule has 5 heteroatoms. The maximum Gasteiger partial charge on any atom is 0.254 e. The Hall–Kier alpha value is -2.59. The van der Waals surface area contributed by atoms with Crippen LogP contribution >= 0.6 is 11.6 Å². The summed E-state index contributed by atoms with van der Waals surface area (Å²) in [4.78, 5) is 25.9. The molecule has 0 aliphatic carbocycles. The molecular weight excluding hydrogens is 348 g/mol. The third-order valence-electron chi connectivity index (χ3n) is 3.98. The molecule has 0 unspecified atom stereocenters. The van der Waals surface area contributed by atoms with E-state index in [4.69, 9.17) is 11.6 Å². The third-order valence-corrected chi connectivity index (χ3v) is 4.21. The number of benzene rings is 2. The zero-order chi connectivity index (χ0) is 19.1. The molecule has 0 fully saturated rings. The van der Waals surface area contributed by atoms with Gasteiger partial charge in [0.2, 0.25) is 5.91 Å². The zero-order valence-electron chi connectivity index (χ0n) is 15.0. The summed E-state index contributed by atoms with van der Waals surface area (Å²) in [7, 11) is 0. The quantitative estimate of drug-likeness (QED) is 0.743. The molecule has 2 rings (SSSR count). The first-order valence-electron chi connectivity index (χ1n) is 8.45. The highest BCUT2D eigenvalue weighted by molar-refractivity contribution is 6.30. The first-order valence-corrected chi connectivity index (χ1v) is 8.83. The van der Waals surface area contributed by atoms with Gasteiger partial charge in [0.05, 0.1) is 0 Å². The molecular formula is C21H23ClN2O2. The van der Waals surface area contributed by atoms with Crippen LogP contribution < -0.4 is 5.32 Å². The number of nitrogens with zero attached hydrogens (tertiary/aromatic N) is 1. The van der Waals surface area contributed by atoms with Gasteiger partial charge in [0.15, 0.2) is 0 Å². The average Bonchev–Trinajstić information content (AvgIpc) is 2.64. The summed E-state index contributed by atoms with van der Waals surface area (Å²) in [6.07, 6.45) is 1.23. The van der Waals surface area contributed by atoms with Crippen LogP contribution in [-0.4, -0.2) is 22.8 Å². The second-order valence-corrected chi connectivity index (χ2v) is 6.71. The lowest BCUT2D eigenvalue weighted by atomic mass is 10.1. The molecule has 2 aromatic carbocycles. The lowest BCUT2D eigenvalue weighted by molar-refractivity contribution is -0.116. The summed E-state index contributed by atoms with van der Waals surface area (Å²) in [5.41, 5.74) is 2.52. The lowest BCUT2D eigenvalue weighted by Gasteiger charge is -2.27. The second kappa shape index (κ2) is 9.20. The van der Waals surface area contributed by atoms with Crippen molar-refractivity contribution in [3.05, 3.63) is 82.9 Å². The Bertz CT molecular complexity index is 785. The largest absolute Gasteiger partial charge is 0.348 e. The van der Waals surface area contributed by atoms with Crippen LogP contribution in [0.25, 0.3) is 0 Å². The van der Waals surface area contributed by atoms with E-state index < -0.39 is 0 Å². The predicted octanol–water partition coefficient (Wildman–Crippen LogP) is 4.19. The van der Waals surface area contributed by atoms with Gasteiger partial charge >= 0.3 is 0 Å². The first kappa shape index (κ1) is 19.7. The molecule has 0 aliphatic rings. The van der Waals surface area contributed by atoms with E-state index in [1.54, 1.807) is 17.0 Å². The van der Waals surface area contributed by atoms with Crippen molar-refractivity contribution < 1.29 is 9.59 Å². The molecule has 0 radical (unpaired) electrons. The van der Waals surface area contributed by atoms with E-state index in [-0.39, 0.29) is 17.9 Å². The molecule has 4 nitrogen and oxygen atoms in total. The Balaban J connectivity index is 2.10. The highest BCUT2D eigenvalue weighted by atomic mass is 35.5. The maximum atomic E-state index is 12.9. The molecule has 0 saturated heterocycles. The van der Waals surface area contributed by atoms with E-state index in [1.807, 2.05) is 50.2 Å². The standard InChI is InChI=1S/C21H23ClN2O2/c1-4-20(25)23-13-16-8-10-18(11-9-16)21(26)24(15(2)3)14-17-6-5-7-19(22)12-17/h4-12,15H,1,13-14H2,2-3H3,(H,23,25). The van der Waals surface area contributed by atoms with Crippen molar-refractivity contribution in [3.8, 4) is 0 Å². The Labute approximate surface area is 159 Å². The highest BCUT2D eigenvalue weighted by Crippen LogP contribution is 2.17. The second-order valence-electron chi connectivity index (χ2n) is 6.28. The summed E-state index contributed by atoms with van der Waals surface area (Å²) in [6.45, 7) is 8.28. The van der Waals surface area contributed by atoms with Crippen LogP contribution in [0, 0.1) is 0 Å². The van der Waals surface area contributed by atoms with E-state index in [2.05, 4.69) is 11.9 Å². The summed E-state index contributed by atoms with van der Waals surface area (Å²) in [5.74, 6) is -0.265. The van der Waals surface area contributed by atoms with Crippen molar-refractivity contribution in [2.75, 3.05) is 0 Å². The number of halogens is 1. The van der Waals surface area contributed by atoms with Crippen LogP contribution in [-0.2, 0) is 17.9 Å². The topological polar surface area (TPSA) is 49.4 Å². The smallest absolute Gasteiger partial charge is 0.254 e. The minimum atomic E-state index is -0.224. The minimum Gasteiger partial charge on any atom is -0.348 e. The zero-order valence-corrected chi connectivity index (χ0v) is 15.8.